The fourth-order valence-electron chi connectivity index (χ4n) is 2.79. The first-order valence-corrected chi connectivity index (χ1v) is 8.56. The highest BCUT2D eigenvalue weighted by Gasteiger charge is 2.14. The van der Waals surface area contributed by atoms with Crippen LogP contribution in [0.4, 0.5) is 17.1 Å². The van der Waals surface area contributed by atoms with Gasteiger partial charge in [-0.1, -0.05) is 22.0 Å². The number of hydrogen-bond donors (Lipinski definition) is 2. The molecule has 3 aromatic rings. The zero-order chi connectivity index (χ0) is 18.0. The van der Waals surface area contributed by atoms with Crippen LogP contribution in [0.5, 0.6) is 0 Å². The second kappa shape index (κ2) is 7.09. The van der Waals surface area contributed by atoms with Gasteiger partial charge in [-0.25, -0.2) is 0 Å². The van der Waals surface area contributed by atoms with Crippen molar-refractivity contribution in [3.05, 3.63) is 58.2 Å². The van der Waals surface area contributed by atoms with Crippen molar-refractivity contribution in [2.75, 3.05) is 25.1 Å². The number of benzene rings is 2. The highest BCUT2D eigenvalue weighted by atomic mass is 79.9. The predicted molar refractivity (Wildman–Crippen MR) is 106 cm³/mol. The van der Waals surface area contributed by atoms with Crippen molar-refractivity contribution >= 4 is 43.9 Å². The number of aromatic nitrogens is 1. The van der Waals surface area contributed by atoms with Crippen LogP contribution in [0.15, 0.2) is 47.1 Å². The number of nitrogens with two attached hydrogens (primary N) is 1. The van der Waals surface area contributed by atoms with E-state index in [-0.39, 0.29) is 0 Å². The molecule has 0 aliphatic rings. The van der Waals surface area contributed by atoms with E-state index in [9.17, 15) is 5.26 Å². The number of nitrogens with one attached hydrogen (secondary N) is 1. The van der Waals surface area contributed by atoms with Crippen molar-refractivity contribution in [3.8, 4) is 6.07 Å². The summed E-state index contributed by atoms with van der Waals surface area (Å²) in [6.45, 7) is 0.719. The van der Waals surface area contributed by atoms with Crippen molar-refractivity contribution in [2.24, 2.45) is 0 Å². The first-order chi connectivity index (χ1) is 12.0. The van der Waals surface area contributed by atoms with Gasteiger partial charge < -0.3 is 16.0 Å². The van der Waals surface area contributed by atoms with E-state index in [1.165, 1.54) is 0 Å². The molecule has 0 atom stereocenters. The second-order valence-electron chi connectivity index (χ2n) is 6.11. The number of nitrogens with zero attached hydrogens (tertiary/aromatic N) is 3. The maximum absolute atomic E-state index is 9.52. The molecule has 2 aromatic carbocycles. The number of halogens is 1. The highest BCUT2D eigenvalue weighted by molar-refractivity contribution is 9.10. The zero-order valence-corrected chi connectivity index (χ0v) is 15.6. The standard InChI is InChI=1S/C19H18BrN5/c1-25(2)11-12-6-15(22)8-17-18(12)23-10-13(9-21)19(17)24-16-5-3-4-14(20)7-16/h3-8,10H,11,22H2,1-2H3,(H,23,24). The number of rotatable bonds is 4. The van der Waals surface area contributed by atoms with E-state index >= 15 is 0 Å². The van der Waals surface area contributed by atoms with Crippen LogP contribution in [-0.4, -0.2) is 24.0 Å². The molecule has 0 aliphatic carbocycles. The van der Waals surface area contributed by atoms with Crippen molar-refractivity contribution in [2.45, 2.75) is 6.54 Å². The van der Waals surface area contributed by atoms with E-state index in [0.29, 0.717) is 11.3 Å². The lowest BCUT2D eigenvalue weighted by Crippen LogP contribution is -2.12. The minimum Gasteiger partial charge on any atom is -0.399 e. The van der Waals surface area contributed by atoms with Gasteiger partial charge in [0.05, 0.1) is 16.8 Å². The van der Waals surface area contributed by atoms with Crippen LogP contribution in [0.25, 0.3) is 10.9 Å². The third kappa shape index (κ3) is 3.73. The molecule has 3 rings (SSSR count). The molecule has 1 aromatic heterocycles. The molecule has 5 nitrogen and oxygen atoms in total. The maximum Gasteiger partial charge on any atom is 0.103 e. The van der Waals surface area contributed by atoms with E-state index in [4.69, 9.17) is 5.73 Å². The number of nitriles is 1. The fraction of sp³-hybridized carbons (Fsp3) is 0.158. The normalized spacial score (nSPS) is 10.8. The third-order valence-corrected chi connectivity index (χ3v) is 4.27. The van der Waals surface area contributed by atoms with Crippen LogP contribution in [-0.2, 0) is 6.54 Å². The van der Waals surface area contributed by atoms with E-state index in [2.05, 4.69) is 37.2 Å². The Bertz CT molecular complexity index is 975. The van der Waals surface area contributed by atoms with Crippen molar-refractivity contribution in [3.63, 3.8) is 0 Å². The molecule has 0 radical (unpaired) electrons. The van der Waals surface area contributed by atoms with E-state index in [1.807, 2.05) is 50.5 Å². The summed E-state index contributed by atoms with van der Waals surface area (Å²) in [6.07, 6.45) is 1.61. The van der Waals surface area contributed by atoms with Crippen LogP contribution < -0.4 is 11.1 Å². The molecule has 0 bridgehead atoms. The molecule has 0 amide bonds. The molecule has 126 valence electrons. The molecule has 25 heavy (non-hydrogen) atoms. The summed E-state index contributed by atoms with van der Waals surface area (Å²) >= 11 is 3.47. The second-order valence-corrected chi connectivity index (χ2v) is 7.02. The molecule has 3 N–H and O–H groups in total. The van der Waals surface area contributed by atoms with Gasteiger partial charge in [0.15, 0.2) is 0 Å². The fourth-order valence-corrected chi connectivity index (χ4v) is 3.19. The average Bonchev–Trinajstić information content (AvgIpc) is 2.55. The SMILES string of the molecule is CN(C)Cc1cc(N)cc2c(Nc3cccc(Br)c3)c(C#N)cnc12. The Morgan fingerprint density at radius 2 is 2.08 bits per heavy atom. The van der Waals surface area contributed by atoms with Gasteiger partial charge in [-0.15, -0.1) is 0 Å². The Morgan fingerprint density at radius 3 is 2.76 bits per heavy atom. The summed E-state index contributed by atoms with van der Waals surface area (Å²) in [4.78, 5) is 6.58. The van der Waals surface area contributed by atoms with E-state index in [1.54, 1.807) is 6.20 Å². The first-order valence-electron chi connectivity index (χ1n) is 7.76. The minimum absolute atomic E-state index is 0.480. The monoisotopic (exact) mass is 395 g/mol. The van der Waals surface area contributed by atoms with Gasteiger partial charge >= 0.3 is 0 Å². The Kier molecular flexibility index (Phi) is 4.88. The molecule has 0 fully saturated rings. The Morgan fingerprint density at radius 1 is 1.28 bits per heavy atom. The van der Waals surface area contributed by atoms with E-state index in [0.717, 1.165) is 38.9 Å². The van der Waals surface area contributed by atoms with Gasteiger partial charge in [0.1, 0.15) is 6.07 Å². The summed E-state index contributed by atoms with van der Waals surface area (Å²) in [6, 6.07) is 13.8. The molecule has 0 saturated carbocycles. The van der Waals surface area contributed by atoms with Crippen LogP contribution in [0, 0.1) is 11.3 Å². The summed E-state index contributed by atoms with van der Waals surface area (Å²) in [5, 5.41) is 13.7. The number of nitrogen functional groups attached to an aromatic ring is 1. The van der Waals surface area contributed by atoms with Gasteiger partial charge in [-0.2, -0.15) is 5.26 Å². The smallest absolute Gasteiger partial charge is 0.103 e. The highest BCUT2D eigenvalue weighted by Crippen LogP contribution is 2.33. The topological polar surface area (TPSA) is 78.0 Å². The lowest BCUT2D eigenvalue weighted by atomic mass is 10.0. The first kappa shape index (κ1) is 17.2. The van der Waals surface area contributed by atoms with E-state index < -0.39 is 0 Å². The number of pyridine rings is 1. The van der Waals surface area contributed by atoms with Crippen molar-refractivity contribution in [1.82, 2.24) is 9.88 Å². The number of hydrogen-bond acceptors (Lipinski definition) is 5. The Hall–Kier alpha value is -2.62. The van der Waals surface area contributed by atoms with Crippen molar-refractivity contribution in [1.29, 1.82) is 5.26 Å². The summed E-state index contributed by atoms with van der Waals surface area (Å²) < 4.78 is 0.960. The maximum atomic E-state index is 9.52. The Balaban J connectivity index is 2.21. The zero-order valence-electron chi connectivity index (χ0n) is 14.0. The van der Waals surface area contributed by atoms with Gasteiger partial charge in [-0.3, -0.25) is 4.98 Å². The minimum atomic E-state index is 0.480. The molecule has 0 aliphatic heterocycles. The third-order valence-electron chi connectivity index (χ3n) is 3.77. The average molecular weight is 396 g/mol. The lowest BCUT2D eigenvalue weighted by Gasteiger charge is -2.16. The molecule has 1 heterocycles. The molecular weight excluding hydrogens is 378 g/mol. The number of fused-ring (bicyclic) bond motifs is 1. The van der Waals surface area contributed by atoms with Gasteiger partial charge in [0, 0.05) is 34.0 Å². The van der Waals surface area contributed by atoms with Crippen LogP contribution in [0.1, 0.15) is 11.1 Å². The summed E-state index contributed by atoms with van der Waals surface area (Å²) in [5.74, 6) is 0. The predicted octanol–water partition coefficient (Wildman–Crippen LogP) is 4.26. The summed E-state index contributed by atoms with van der Waals surface area (Å²) in [7, 11) is 4.00. The largest absolute Gasteiger partial charge is 0.399 e. The van der Waals surface area contributed by atoms with Crippen LogP contribution in [0.3, 0.4) is 0 Å². The van der Waals surface area contributed by atoms with Gasteiger partial charge in [-0.05, 0) is 50.0 Å². The van der Waals surface area contributed by atoms with Crippen molar-refractivity contribution < 1.29 is 0 Å². The quantitative estimate of drug-likeness (QED) is 0.645. The van der Waals surface area contributed by atoms with Crippen LogP contribution in [0.2, 0.25) is 0 Å². The molecule has 6 heteroatoms. The molecule has 0 saturated heterocycles. The lowest BCUT2D eigenvalue weighted by molar-refractivity contribution is 0.404. The van der Waals surface area contributed by atoms with Crippen LogP contribution >= 0.6 is 15.9 Å². The molecule has 0 spiro atoms. The summed E-state index contributed by atoms with van der Waals surface area (Å²) in [5.41, 5.74) is 10.7. The molecular formula is C19H18BrN5. The molecule has 0 unspecified atom stereocenters. The number of anilines is 3. The Labute approximate surface area is 155 Å². The van der Waals surface area contributed by atoms with Gasteiger partial charge in [0.2, 0.25) is 0 Å². The van der Waals surface area contributed by atoms with Gasteiger partial charge in [0.25, 0.3) is 0 Å².